The van der Waals surface area contributed by atoms with Gasteiger partial charge in [-0.3, -0.25) is 16.3 Å². The van der Waals surface area contributed by atoms with Crippen molar-refractivity contribution in [3.05, 3.63) is 42.1 Å². The SMILES string of the molecule is CS(=O)(=O)CC(NN)c1cccc2ncccc12. The van der Waals surface area contributed by atoms with E-state index in [1.807, 2.05) is 30.3 Å². The highest BCUT2D eigenvalue weighted by molar-refractivity contribution is 7.90. The van der Waals surface area contributed by atoms with Crippen molar-refractivity contribution >= 4 is 20.7 Å². The second-order valence-corrected chi connectivity index (χ2v) is 6.41. The van der Waals surface area contributed by atoms with Gasteiger partial charge in [0.1, 0.15) is 9.84 Å². The number of aromatic nitrogens is 1. The number of fused-ring (bicyclic) bond motifs is 1. The van der Waals surface area contributed by atoms with Crippen molar-refractivity contribution < 1.29 is 8.42 Å². The van der Waals surface area contributed by atoms with Crippen molar-refractivity contribution in [1.29, 1.82) is 0 Å². The van der Waals surface area contributed by atoms with Gasteiger partial charge in [-0.15, -0.1) is 0 Å². The summed E-state index contributed by atoms with van der Waals surface area (Å²) in [6.45, 7) is 0. The lowest BCUT2D eigenvalue weighted by molar-refractivity contribution is 0.566. The van der Waals surface area contributed by atoms with Crippen molar-refractivity contribution in [2.45, 2.75) is 6.04 Å². The summed E-state index contributed by atoms with van der Waals surface area (Å²) in [7, 11) is -3.12. The van der Waals surface area contributed by atoms with E-state index in [2.05, 4.69) is 10.4 Å². The first-order chi connectivity index (χ1) is 8.51. The number of sulfone groups is 1. The van der Waals surface area contributed by atoms with Gasteiger partial charge >= 0.3 is 0 Å². The zero-order valence-electron chi connectivity index (χ0n) is 10.00. The Bertz CT molecular complexity index is 650. The van der Waals surface area contributed by atoms with Crippen LogP contribution in [0.1, 0.15) is 11.6 Å². The highest BCUT2D eigenvalue weighted by atomic mass is 32.2. The van der Waals surface area contributed by atoms with Gasteiger partial charge in [-0.25, -0.2) is 8.42 Å². The number of nitrogens with one attached hydrogen (secondary N) is 1. The summed E-state index contributed by atoms with van der Waals surface area (Å²) in [4.78, 5) is 4.24. The van der Waals surface area contributed by atoms with E-state index in [0.717, 1.165) is 16.5 Å². The molecule has 0 saturated carbocycles. The molecule has 3 N–H and O–H groups in total. The summed E-state index contributed by atoms with van der Waals surface area (Å²) >= 11 is 0. The van der Waals surface area contributed by atoms with Gasteiger partial charge < -0.3 is 0 Å². The normalized spacial score (nSPS) is 13.7. The maximum absolute atomic E-state index is 11.4. The zero-order valence-corrected chi connectivity index (χ0v) is 10.8. The van der Waals surface area contributed by atoms with E-state index >= 15 is 0 Å². The molecule has 2 rings (SSSR count). The van der Waals surface area contributed by atoms with Gasteiger partial charge in [-0.1, -0.05) is 18.2 Å². The highest BCUT2D eigenvalue weighted by Crippen LogP contribution is 2.23. The van der Waals surface area contributed by atoms with Crippen molar-refractivity contribution in [1.82, 2.24) is 10.4 Å². The molecule has 5 nitrogen and oxygen atoms in total. The van der Waals surface area contributed by atoms with E-state index in [-0.39, 0.29) is 5.75 Å². The second-order valence-electron chi connectivity index (χ2n) is 4.23. The molecule has 18 heavy (non-hydrogen) atoms. The fourth-order valence-electron chi connectivity index (χ4n) is 1.96. The Morgan fingerprint density at radius 2 is 2.11 bits per heavy atom. The first-order valence-corrected chi connectivity index (χ1v) is 7.55. The minimum Gasteiger partial charge on any atom is -0.271 e. The molecule has 1 aromatic heterocycles. The Morgan fingerprint density at radius 1 is 1.33 bits per heavy atom. The van der Waals surface area contributed by atoms with Crippen LogP contribution in [0.5, 0.6) is 0 Å². The standard InChI is InChI=1S/C12H15N3O2S/c1-18(16,17)8-12(15-13)10-4-2-6-11-9(10)5-3-7-14-11/h2-7,12,15H,8,13H2,1H3. The van der Waals surface area contributed by atoms with Gasteiger partial charge in [0.25, 0.3) is 0 Å². The van der Waals surface area contributed by atoms with E-state index < -0.39 is 15.9 Å². The molecule has 6 heteroatoms. The van der Waals surface area contributed by atoms with Gasteiger partial charge in [0.15, 0.2) is 0 Å². The monoisotopic (exact) mass is 265 g/mol. The quantitative estimate of drug-likeness (QED) is 0.630. The van der Waals surface area contributed by atoms with Crippen LogP contribution in [0.3, 0.4) is 0 Å². The number of nitrogens with zero attached hydrogens (tertiary/aromatic N) is 1. The molecule has 1 atom stereocenters. The number of benzene rings is 1. The van der Waals surface area contributed by atoms with Gasteiger partial charge in [0, 0.05) is 17.8 Å². The first kappa shape index (κ1) is 12.9. The minimum absolute atomic E-state index is 0.0441. The van der Waals surface area contributed by atoms with Crippen LogP contribution in [-0.2, 0) is 9.84 Å². The van der Waals surface area contributed by atoms with Crippen LogP contribution in [-0.4, -0.2) is 25.4 Å². The van der Waals surface area contributed by atoms with E-state index in [0.29, 0.717) is 0 Å². The van der Waals surface area contributed by atoms with Gasteiger partial charge in [-0.05, 0) is 17.7 Å². The molecule has 0 saturated heterocycles. The summed E-state index contributed by atoms with van der Waals surface area (Å²) in [6.07, 6.45) is 2.90. The Labute approximate surface area is 106 Å². The molecule has 0 aliphatic rings. The third-order valence-electron chi connectivity index (χ3n) is 2.73. The van der Waals surface area contributed by atoms with Crippen LogP contribution >= 0.6 is 0 Å². The molecule has 0 radical (unpaired) electrons. The molecular formula is C12H15N3O2S. The number of rotatable bonds is 4. The summed E-state index contributed by atoms with van der Waals surface area (Å²) in [6, 6.07) is 8.88. The highest BCUT2D eigenvalue weighted by Gasteiger charge is 2.18. The van der Waals surface area contributed by atoms with Crippen molar-refractivity contribution in [2.75, 3.05) is 12.0 Å². The number of pyridine rings is 1. The molecule has 1 unspecified atom stereocenters. The molecular weight excluding hydrogens is 250 g/mol. The molecule has 1 aromatic carbocycles. The van der Waals surface area contributed by atoms with E-state index in [4.69, 9.17) is 5.84 Å². The number of hydrazine groups is 1. The Morgan fingerprint density at radius 3 is 2.78 bits per heavy atom. The fraction of sp³-hybridized carbons (Fsp3) is 0.250. The largest absolute Gasteiger partial charge is 0.271 e. The molecule has 1 heterocycles. The van der Waals surface area contributed by atoms with E-state index in [1.54, 1.807) is 6.20 Å². The summed E-state index contributed by atoms with van der Waals surface area (Å²) < 4.78 is 22.8. The lowest BCUT2D eigenvalue weighted by Gasteiger charge is -2.17. The van der Waals surface area contributed by atoms with Crippen LogP contribution in [0.2, 0.25) is 0 Å². The maximum Gasteiger partial charge on any atom is 0.149 e. The van der Waals surface area contributed by atoms with Crippen LogP contribution < -0.4 is 11.3 Å². The third-order valence-corrected chi connectivity index (χ3v) is 3.66. The Hall–Kier alpha value is -1.50. The van der Waals surface area contributed by atoms with Crippen LogP contribution in [0, 0.1) is 0 Å². The average Bonchev–Trinajstić information content (AvgIpc) is 2.34. The Kier molecular flexibility index (Phi) is 3.60. The summed E-state index contributed by atoms with van der Waals surface area (Å²) in [5.41, 5.74) is 4.22. The van der Waals surface area contributed by atoms with E-state index in [9.17, 15) is 8.42 Å². The second kappa shape index (κ2) is 5.01. The van der Waals surface area contributed by atoms with Crippen molar-refractivity contribution in [2.24, 2.45) is 5.84 Å². The van der Waals surface area contributed by atoms with Crippen molar-refractivity contribution in [3.8, 4) is 0 Å². The fourth-order valence-corrected chi connectivity index (χ4v) is 2.84. The molecule has 0 spiro atoms. The predicted octanol–water partition coefficient (Wildman–Crippen LogP) is 0.784. The lowest BCUT2D eigenvalue weighted by Crippen LogP contribution is -2.33. The smallest absolute Gasteiger partial charge is 0.149 e. The molecule has 2 aromatic rings. The van der Waals surface area contributed by atoms with Crippen molar-refractivity contribution in [3.63, 3.8) is 0 Å². The molecule has 0 bridgehead atoms. The summed E-state index contributed by atoms with van der Waals surface area (Å²) in [5, 5.41) is 0.909. The van der Waals surface area contributed by atoms with Gasteiger partial charge in [0.05, 0.1) is 17.3 Å². The minimum atomic E-state index is -3.12. The number of hydrogen-bond acceptors (Lipinski definition) is 5. The molecule has 0 amide bonds. The van der Waals surface area contributed by atoms with Gasteiger partial charge in [0.2, 0.25) is 0 Å². The zero-order chi connectivity index (χ0) is 13.2. The number of hydrogen-bond donors (Lipinski definition) is 2. The van der Waals surface area contributed by atoms with Crippen LogP contribution in [0.15, 0.2) is 36.5 Å². The molecule has 0 fully saturated rings. The first-order valence-electron chi connectivity index (χ1n) is 5.49. The topological polar surface area (TPSA) is 85.1 Å². The predicted molar refractivity (Wildman–Crippen MR) is 71.5 cm³/mol. The van der Waals surface area contributed by atoms with Gasteiger partial charge in [-0.2, -0.15) is 0 Å². The lowest BCUT2D eigenvalue weighted by atomic mass is 10.0. The third kappa shape index (κ3) is 2.84. The average molecular weight is 265 g/mol. The van der Waals surface area contributed by atoms with Crippen LogP contribution in [0.25, 0.3) is 10.9 Å². The molecule has 0 aliphatic carbocycles. The molecule has 0 aliphatic heterocycles. The Balaban J connectivity index is 2.51. The van der Waals surface area contributed by atoms with E-state index in [1.165, 1.54) is 6.26 Å². The van der Waals surface area contributed by atoms with Crippen LogP contribution in [0.4, 0.5) is 0 Å². The molecule has 96 valence electrons. The number of nitrogens with two attached hydrogens (primary N) is 1. The summed E-state index contributed by atoms with van der Waals surface area (Å²) in [5.74, 6) is 5.42. The maximum atomic E-state index is 11.4.